The third-order valence-electron chi connectivity index (χ3n) is 4.15. The van der Waals surface area contributed by atoms with E-state index in [4.69, 9.17) is 0 Å². The first kappa shape index (κ1) is 16.4. The van der Waals surface area contributed by atoms with Gasteiger partial charge in [-0.2, -0.15) is 5.10 Å². The quantitative estimate of drug-likeness (QED) is 0.853. The second-order valence-corrected chi connectivity index (χ2v) is 9.07. The Balaban J connectivity index is 1.95. The molecule has 1 fully saturated rings. The standard InChI is InChI=1S/C16H21N3O2S2/c1-19-16(22-15(18-19)12-7-4-3-5-8-12)17-13-9-6-10-14(11-13)23(2,20)21/h6,9-12H,3-5,7-8H2,1-2H3/b17-16+. The van der Waals surface area contributed by atoms with Gasteiger partial charge in [-0.15, -0.1) is 0 Å². The summed E-state index contributed by atoms with van der Waals surface area (Å²) >= 11 is 1.61. The number of hydrogen-bond acceptors (Lipinski definition) is 5. The van der Waals surface area contributed by atoms with Gasteiger partial charge >= 0.3 is 0 Å². The van der Waals surface area contributed by atoms with E-state index < -0.39 is 9.84 Å². The van der Waals surface area contributed by atoms with E-state index in [1.54, 1.807) is 34.2 Å². The van der Waals surface area contributed by atoms with Crippen LogP contribution in [-0.2, 0) is 16.9 Å². The highest BCUT2D eigenvalue weighted by atomic mass is 32.2. The third kappa shape index (κ3) is 3.90. The molecule has 3 rings (SSSR count). The van der Waals surface area contributed by atoms with E-state index in [0.29, 0.717) is 16.5 Å². The first-order valence-electron chi connectivity index (χ1n) is 7.82. The topological polar surface area (TPSA) is 64.3 Å². The molecule has 124 valence electrons. The Bertz CT molecular complexity index is 859. The highest BCUT2D eigenvalue weighted by molar-refractivity contribution is 7.90. The number of hydrogen-bond donors (Lipinski definition) is 0. The van der Waals surface area contributed by atoms with Crippen molar-refractivity contribution in [3.63, 3.8) is 0 Å². The van der Waals surface area contributed by atoms with E-state index in [2.05, 4.69) is 10.1 Å². The van der Waals surface area contributed by atoms with Crippen LogP contribution in [0.15, 0.2) is 34.2 Å². The van der Waals surface area contributed by atoms with E-state index >= 15 is 0 Å². The summed E-state index contributed by atoms with van der Waals surface area (Å²) in [5.41, 5.74) is 0.641. The van der Waals surface area contributed by atoms with Gasteiger partial charge in [-0.25, -0.2) is 18.1 Å². The molecular weight excluding hydrogens is 330 g/mol. The van der Waals surface area contributed by atoms with Crippen molar-refractivity contribution in [2.45, 2.75) is 42.9 Å². The van der Waals surface area contributed by atoms with Gasteiger partial charge in [0.1, 0.15) is 5.01 Å². The zero-order chi connectivity index (χ0) is 16.4. The maximum Gasteiger partial charge on any atom is 0.207 e. The molecule has 23 heavy (non-hydrogen) atoms. The van der Waals surface area contributed by atoms with Gasteiger partial charge in [0.05, 0.1) is 10.6 Å². The van der Waals surface area contributed by atoms with Crippen molar-refractivity contribution in [2.75, 3.05) is 6.26 Å². The van der Waals surface area contributed by atoms with Crippen LogP contribution in [-0.4, -0.2) is 24.5 Å². The summed E-state index contributed by atoms with van der Waals surface area (Å²) in [4.78, 5) is 5.68. The van der Waals surface area contributed by atoms with Crippen LogP contribution < -0.4 is 4.80 Å². The minimum Gasteiger partial charge on any atom is -0.241 e. The molecule has 0 bridgehead atoms. The fourth-order valence-electron chi connectivity index (χ4n) is 2.87. The van der Waals surface area contributed by atoms with Crippen molar-refractivity contribution in [1.82, 2.24) is 9.78 Å². The molecule has 1 aliphatic carbocycles. The molecule has 1 heterocycles. The molecule has 0 atom stereocenters. The minimum atomic E-state index is -3.22. The number of nitrogens with zero attached hydrogens (tertiary/aromatic N) is 3. The molecule has 0 saturated heterocycles. The van der Waals surface area contributed by atoms with E-state index in [-0.39, 0.29) is 0 Å². The molecule has 1 aromatic heterocycles. The van der Waals surface area contributed by atoms with Crippen LogP contribution in [0.2, 0.25) is 0 Å². The average molecular weight is 351 g/mol. The highest BCUT2D eigenvalue weighted by Crippen LogP contribution is 2.32. The van der Waals surface area contributed by atoms with Gasteiger partial charge in [0, 0.05) is 19.2 Å². The monoisotopic (exact) mass is 351 g/mol. The van der Waals surface area contributed by atoms with Crippen molar-refractivity contribution in [3.05, 3.63) is 34.1 Å². The van der Waals surface area contributed by atoms with Gasteiger partial charge in [0.15, 0.2) is 9.84 Å². The Morgan fingerprint density at radius 1 is 1.26 bits per heavy atom. The molecule has 1 aromatic carbocycles. The summed E-state index contributed by atoms with van der Waals surface area (Å²) in [6.45, 7) is 0. The third-order valence-corrected chi connectivity index (χ3v) is 6.42. The summed E-state index contributed by atoms with van der Waals surface area (Å²) in [6.07, 6.45) is 7.49. The number of rotatable bonds is 3. The molecule has 0 radical (unpaired) electrons. The fourth-order valence-corrected chi connectivity index (χ4v) is 4.61. The van der Waals surface area contributed by atoms with E-state index in [0.717, 1.165) is 9.81 Å². The van der Waals surface area contributed by atoms with E-state index in [1.165, 1.54) is 38.4 Å². The van der Waals surface area contributed by atoms with E-state index in [1.807, 2.05) is 13.1 Å². The predicted molar refractivity (Wildman–Crippen MR) is 91.7 cm³/mol. The van der Waals surface area contributed by atoms with Crippen molar-refractivity contribution >= 4 is 26.9 Å². The van der Waals surface area contributed by atoms with Gasteiger partial charge in [-0.1, -0.05) is 36.7 Å². The Labute approximate surface area is 140 Å². The SMILES string of the molecule is Cn1nc(C2CCCCC2)s/c1=N/c1cccc(S(C)(=O)=O)c1. The van der Waals surface area contributed by atoms with Crippen LogP contribution in [0.4, 0.5) is 5.69 Å². The smallest absolute Gasteiger partial charge is 0.207 e. The Morgan fingerprint density at radius 2 is 2.00 bits per heavy atom. The van der Waals surface area contributed by atoms with Crippen molar-refractivity contribution in [3.8, 4) is 0 Å². The molecule has 5 nitrogen and oxygen atoms in total. The fraction of sp³-hybridized carbons (Fsp3) is 0.500. The number of aryl methyl sites for hydroxylation is 1. The van der Waals surface area contributed by atoms with E-state index in [9.17, 15) is 8.42 Å². The predicted octanol–water partition coefficient (Wildman–Crippen LogP) is 3.17. The molecule has 1 saturated carbocycles. The molecule has 2 aromatic rings. The summed E-state index contributed by atoms with van der Waals surface area (Å²) in [6, 6.07) is 6.73. The second-order valence-electron chi connectivity index (χ2n) is 6.06. The molecule has 0 unspecified atom stereocenters. The van der Waals surface area contributed by atoms with Gasteiger partial charge in [-0.05, 0) is 31.0 Å². The van der Waals surface area contributed by atoms with Gasteiger partial charge in [0.2, 0.25) is 4.80 Å². The maximum atomic E-state index is 11.7. The minimum absolute atomic E-state index is 0.290. The molecule has 7 heteroatoms. The van der Waals surface area contributed by atoms with Gasteiger partial charge < -0.3 is 0 Å². The first-order valence-corrected chi connectivity index (χ1v) is 10.5. The lowest BCUT2D eigenvalue weighted by Gasteiger charge is -2.18. The molecule has 0 N–H and O–H groups in total. The van der Waals surface area contributed by atoms with Crippen LogP contribution in [0.25, 0.3) is 0 Å². The normalized spacial score (nSPS) is 17.6. The van der Waals surface area contributed by atoms with Crippen LogP contribution in [0, 0.1) is 0 Å². The number of aromatic nitrogens is 2. The lowest BCUT2D eigenvalue weighted by Crippen LogP contribution is -2.11. The summed E-state index contributed by atoms with van der Waals surface area (Å²) < 4.78 is 25.1. The summed E-state index contributed by atoms with van der Waals surface area (Å²) in [7, 11) is -1.33. The van der Waals surface area contributed by atoms with Crippen LogP contribution in [0.1, 0.15) is 43.0 Å². The summed E-state index contributed by atoms with van der Waals surface area (Å²) in [5.74, 6) is 0.547. The Morgan fingerprint density at radius 3 is 2.70 bits per heavy atom. The first-order chi connectivity index (χ1) is 10.9. The highest BCUT2D eigenvalue weighted by Gasteiger charge is 2.19. The van der Waals surface area contributed by atoms with Gasteiger partial charge in [-0.3, -0.25) is 0 Å². The van der Waals surface area contributed by atoms with Crippen LogP contribution in [0.3, 0.4) is 0 Å². The van der Waals surface area contributed by atoms with Gasteiger partial charge in [0.25, 0.3) is 0 Å². The molecule has 0 amide bonds. The van der Waals surface area contributed by atoms with Crippen LogP contribution in [0.5, 0.6) is 0 Å². The zero-order valence-corrected chi connectivity index (χ0v) is 15.0. The van der Waals surface area contributed by atoms with Crippen molar-refractivity contribution in [1.29, 1.82) is 0 Å². The molecular formula is C16H21N3O2S2. The second kappa shape index (κ2) is 6.57. The summed E-state index contributed by atoms with van der Waals surface area (Å²) in [5, 5.41) is 5.77. The lowest BCUT2D eigenvalue weighted by atomic mass is 9.90. The maximum absolute atomic E-state index is 11.7. The van der Waals surface area contributed by atoms with Crippen molar-refractivity contribution < 1.29 is 8.42 Å². The number of benzene rings is 1. The zero-order valence-electron chi connectivity index (χ0n) is 13.4. The molecule has 0 aliphatic heterocycles. The lowest BCUT2D eigenvalue weighted by molar-refractivity contribution is 0.437. The average Bonchev–Trinajstić information content (AvgIpc) is 2.89. The Kier molecular flexibility index (Phi) is 4.68. The van der Waals surface area contributed by atoms with Crippen molar-refractivity contribution in [2.24, 2.45) is 12.0 Å². The number of sulfone groups is 1. The molecule has 1 aliphatic rings. The Hall–Kier alpha value is -1.47. The van der Waals surface area contributed by atoms with Crippen LogP contribution >= 0.6 is 11.3 Å². The molecule has 0 spiro atoms. The largest absolute Gasteiger partial charge is 0.241 e.